The first-order chi connectivity index (χ1) is 7.20. The summed E-state index contributed by atoms with van der Waals surface area (Å²) in [6, 6.07) is 9.01. The lowest BCUT2D eigenvalue weighted by Gasteiger charge is -2.03. The van der Waals surface area contributed by atoms with E-state index in [4.69, 9.17) is 5.26 Å². The average Bonchev–Trinajstić information content (AvgIpc) is 2.96. The zero-order valence-corrected chi connectivity index (χ0v) is 8.53. The van der Waals surface area contributed by atoms with Crippen molar-refractivity contribution in [1.29, 1.82) is 5.26 Å². The van der Waals surface area contributed by atoms with Gasteiger partial charge in [-0.3, -0.25) is 4.79 Å². The molecule has 0 aliphatic heterocycles. The number of hydrogen-bond acceptors (Lipinski definition) is 2. The highest BCUT2D eigenvalue weighted by Crippen LogP contribution is 2.38. The number of rotatable bonds is 2. The predicted octanol–water partition coefficient (Wildman–Crippen LogP) is 2.15. The Morgan fingerprint density at radius 1 is 1.60 bits per heavy atom. The van der Waals surface area contributed by atoms with Crippen LogP contribution >= 0.6 is 0 Å². The fraction of sp³-hybridized carbons (Fsp3) is 0.333. The van der Waals surface area contributed by atoms with Crippen LogP contribution < -0.4 is 5.32 Å². The number of anilines is 1. The number of carbonyl (C=O) groups excluding carboxylic acids is 1. The van der Waals surface area contributed by atoms with Gasteiger partial charge in [0.25, 0.3) is 0 Å². The van der Waals surface area contributed by atoms with Gasteiger partial charge in [-0.2, -0.15) is 5.26 Å². The Morgan fingerprint density at radius 2 is 2.33 bits per heavy atom. The topological polar surface area (TPSA) is 52.9 Å². The van der Waals surface area contributed by atoms with Gasteiger partial charge >= 0.3 is 0 Å². The monoisotopic (exact) mass is 200 g/mol. The van der Waals surface area contributed by atoms with Crippen molar-refractivity contribution in [3.63, 3.8) is 0 Å². The highest BCUT2D eigenvalue weighted by molar-refractivity contribution is 5.94. The van der Waals surface area contributed by atoms with E-state index in [1.54, 1.807) is 24.3 Å². The zero-order valence-electron chi connectivity index (χ0n) is 8.53. The quantitative estimate of drug-likeness (QED) is 0.795. The third-order valence-corrected chi connectivity index (χ3v) is 2.71. The standard InChI is InChI=1S/C12H12N2O/c1-8-5-11(8)12(15)14-10-4-2-3-9(6-10)7-13/h2-4,6,8,11H,5H2,1H3,(H,14,15)/t8-,11+/m0/s1. The van der Waals surface area contributed by atoms with Crippen LogP contribution in [0.1, 0.15) is 18.9 Å². The van der Waals surface area contributed by atoms with Crippen LogP contribution in [0.5, 0.6) is 0 Å². The molecule has 0 bridgehead atoms. The molecule has 2 atom stereocenters. The number of hydrogen-bond donors (Lipinski definition) is 1. The third-order valence-electron chi connectivity index (χ3n) is 2.71. The summed E-state index contributed by atoms with van der Waals surface area (Å²) in [5.74, 6) is 0.734. The molecule has 0 heterocycles. The summed E-state index contributed by atoms with van der Waals surface area (Å²) >= 11 is 0. The molecular formula is C12H12N2O. The Bertz CT molecular complexity index is 433. The largest absolute Gasteiger partial charge is 0.326 e. The lowest BCUT2D eigenvalue weighted by atomic mass is 10.2. The van der Waals surface area contributed by atoms with Gasteiger partial charge in [0.2, 0.25) is 5.91 Å². The number of nitrogens with one attached hydrogen (secondary N) is 1. The summed E-state index contributed by atoms with van der Waals surface area (Å²) in [6.45, 7) is 2.07. The van der Waals surface area contributed by atoms with Crippen LogP contribution in [-0.4, -0.2) is 5.91 Å². The molecule has 0 radical (unpaired) electrons. The lowest BCUT2D eigenvalue weighted by molar-refractivity contribution is -0.117. The second-order valence-electron chi connectivity index (χ2n) is 4.00. The van der Waals surface area contributed by atoms with Gasteiger partial charge in [-0.1, -0.05) is 13.0 Å². The van der Waals surface area contributed by atoms with Gasteiger partial charge < -0.3 is 5.32 Å². The van der Waals surface area contributed by atoms with E-state index in [9.17, 15) is 4.79 Å². The molecule has 1 aliphatic rings. The molecule has 3 heteroatoms. The summed E-state index contributed by atoms with van der Waals surface area (Å²) in [5.41, 5.74) is 1.27. The molecule has 0 unspecified atom stereocenters. The molecule has 1 aliphatic carbocycles. The normalized spacial score (nSPS) is 22.9. The molecule has 0 spiro atoms. The summed E-state index contributed by atoms with van der Waals surface area (Å²) in [4.78, 5) is 11.6. The van der Waals surface area contributed by atoms with E-state index >= 15 is 0 Å². The van der Waals surface area contributed by atoms with Gasteiger partial charge in [-0.15, -0.1) is 0 Å². The number of nitrogens with zero attached hydrogens (tertiary/aromatic N) is 1. The molecule has 2 rings (SSSR count). The number of carbonyl (C=O) groups is 1. The van der Waals surface area contributed by atoms with E-state index < -0.39 is 0 Å². The minimum Gasteiger partial charge on any atom is -0.326 e. The smallest absolute Gasteiger partial charge is 0.227 e. The second kappa shape index (κ2) is 3.74. The minimum atomic E-state index is 0.0672. The van der Waals surface area contributed by atoms with Gasteiger partial charge in [0.1, 0.15) is 0 Å². The molecule has 0 saturated heterocycles. The zero-order chi connectivity index (χ0) is 10.8. The van der Waals surface area contributed by atoms with E-state index in [1.165, 1.54) is 0 Å². The molecular weight excluding hydrogens is 188 g/mol. The Labute approximate surface area is 88.7 Å². The van der Waals surface area contributed by atoms with Crippen molar-refractivity contribution < 1.29 is 4.79 Å². The average molecular weight is 200 g/mol. The first-order valence-corrected chi connectivity index (χ1v) is 5.01. The van der Waals surface area contributed by atoms with Crippen molar-refractivity contribution >= 4 is 11.6 Å². The molecule has 76 valence electrons. The maximum absolute atomic E-state index is 11.6. The molecule has 1 fully saturated rings. The third kappa shape index (κ3) is 2.16. The molecule has 15 heavy (non-hydrogen) atoms. The van der Waals surface area contributed by atoms with E-state index in [0.29, 0.717) is 17.2 Å². The number of amides is 1. The molecule has 1 aromatic carbocycles. The van der Waals surface area contributed by atoms with E-state index in [-0.39, 0.29) is 11.8 Å². The Hall–Kier alpha value is -1.82. The Morgan fingerprint density at radius 3 is 2.93 bits per heavy atom. The van der Waals surface area contributed by atoms with Crippen molar-refractivity contribution in [2.45, 2.75) is 13.3 Å². The molecule has 0 aromatic heterocycles. The van der Waals surface area contributed by atoms with Crippen LogP contribution in [0.15, 0.2) is 24.3 Å². The maximum Gasteiger partial charge on any atom is 0.227 e. The van der Waals surface area contributed by atoms with Crippen LogP contribution in [0.2, 0.25) is 0 Å². The van der Waals surface area contributed by atoms with Gasteiger partial charge in [-0.25, -0.2) is 0 Å². The summed E-state index contributed by atoms with van der Waals surface area (Å²) < 4.78 is 0. The van der Waals surface area contributed by atoms with E-state index in [1.807, 2.05) is 6.07 Å². The van der Waals surface area contributed by atoms with Crippen molar-refractivity contribution in [3.05, 3.63) is 29.8 Å². The van der Waals surface area contributed by atoms with Crippen LogP contribution in [0.25, 0.3) is 0 Å². The van der Waals surface area contributed by atoms with Gasteiger partial charge in [0, 0.05) is 11.6 Å². The molecule has 1 aromatic rings. The molecule has 1 saturated carbocycles. The highest BCUT2D eigenvalue weighted by Gasteiger charge is 2.38. The fourth-order valence-electron chi connectivity index (χ4n) is 1.59. The second-order valence-corrected chi connectivity index (χ2v) is 4.00. The predicted molar refractivity (Wildman–Crippen MR) is 57.1 cm³/mol. The minimum absolute atomic E-state index is 0.0672. The van der Waals surface area contributed by atoms with Crippen LogP contribution in [0.3, 0.4) is 0 Å². The van der Waals surface area contributed by atoms with Gasteiger partial charge in [0.15, 0.2) is 0 Å². The van der Waals surface area contributed by atoms with Crippen molar-refractivity contribution in [1.82, 2.24) is 0 Å². The first kappa shape index (κ1) is 9.72. The van der Waals surface area contributed by atoms with Crippen molar-refractivity contribution in [2.24, 2.45) is 11.8 Å². The highest BCUT2D eigenvalue weighted by atomic mass is 16.2. The number of benzene rings is 1. The Kier molecular flexibility index (Phi) is 2.42. The van der Waals surface area contributed by atoms with Crippen LogP contribution in [0.4, 0.5) is 5.69 Å². The number of nitriles is 1. The van der Waals surface area contributed by atoms with E-state index in [2.05, 4.69) is 12.2 Å². The summed E-state index contributed by atoms with van der Waals surface area (Å²) in [5, 5.41) is 11.5. The first-order valence-electron chi connectivity index (χ1n) is 5.01. The molecule has 3 nitrogen and oxygen atoms in total. The van der Waals surface area contributed by atoms with Crippen LogP contribution in [-0.2, 0) is 4.79 Å². The fourth-order valence-corrected chi connectivity index (χ4v) is 1.59. The molecule has 1 amide bonds. The van der Waals surface area contributed by atoms with Gasteiger partial charge in [0.05, 0.1) is 11.6 Å². The summed E-state index contributed by atoms with van der Waals surface area (Å²) in [7, 11) is 0. The van der Waals surface area contributed by atoms with Crippen molar-refractivity contribution in [3.8, 4) is 6.07 Å². The Balaban J connectivity index is 2.05. The molecule has 1 N–H and O–H groups in total. The SMILES string of the molecule is C[C@H]1C[C@H]1C(=O)Nc1cccc(C#N)c1. The van der Waals surface area contributed by atoms with Crippen LogP contribution in [0, 0.1) is 23.2 Å². The van der Waals surface area contributed by atoms with Crippen molar-refractivity contribution in [2.75, 3.05) is 5.32 Å². The van der Waals surface area contributed by atoms with Gasteiger partial charge in [-0.05, 0) is 30.5 Å². The summed E-state index contributed by atoms with van der Waals surface area (Å²) in [6.07, 6.45) is 0.976. The maximum atomic E-state index is 11.6. The lowest BCUT2D eigenvalue weighted by Crippen LogP contribution is -2.14. The van der Waals surface area contributed by atoms with E-state index in [0.717, 1.165) is 6.42 Å².